The van der Waals surface area contributed by atoms with Crippen molar-refractivity contribution in [1.29, 1.82) is 0 Å². The average molecular weight is 459 g/mol. The van der Waals surface area contributed by atoms with Gasteiger partial charge in [0.1, 0.15) is 5.60 Å². The Labute approximate surface area is 191 Å². The molecule has 1 aliphatic rings. The fourth-order valence-electron chi connectivity index (χ4n) is 4.09. The minimum atomic E-state index is -2.07. The second-order valence-electron chi connectivity index (χ2n) is 10.1. The second kappa shape index (κ2) is 9.06. The predicted molar refractivity (Wildman–Crippen MR) is 127 cm³/mol. The third kappa shape index (κ3) is 5.20. The summed E-state index contributed by atoms with van der Waals surface area (Å²) in [4.78, 5) is 13.6. The molecule has 174 valence electrons. The molecule has 0 radical (unpaired) electrons. The van der Waals surface area contributed by atoms with Gasteiger partial charge >= 0.3 is 5.97 Å². The molecular formula is C25H34O6Si. The zero-order valence-corrected chi connectivity index (χ0v) is 21.3. The number of fused-ring (bicyclic) bond motifs is 1. The molecule has 1 aliphatic heterocycles. The first-order chi connectivity index (χ1) is 14.9. The number of hydrogen-bond acceptors (Lipinski definition) is 6. The summed E-state index contributed by atoms with van der Waals surface area (Å²) in [6, 6.07) is 11.7. The molecule has 6 nitrogen and oxygen atoms in total. The Balaban J connectivity index is 2.19. The highest BCUT2D eigenvalue weighted by Crippen LogP contribution is 2.47. The lowest BCUT2D eigenvalue weighted by atomic mass is 9.87. The molecule has 0 fully saturated rings. The van der Waals surface area contributed by atoms with E-state index < -0.39 is 13.7 Å². The summed E-state index contributed by atoms with van der Waals surface area (Å²) in [5.41, 5.74) is 1.02. The largest absolute Gasteiger partial charge is 0.493 e. The van der Waals surface area contributed by atoms with Gasteiger partial charge in [-0.3, -0.25) is 4.79 Å². The number of ether oxygens (including phenoxy) is 5. The van der Waals surface area contributed by atoms with Gasteiger partial charge in [0.05, 0.1) is 27.8 Å². The van der Waals surface area contributed by atoms with E-state index in [2.05, 4.69) is 19.6 Å². The van der Waals surface area contributed by atoms with E-state index in [1.165, 1.54) is 0 Å². The van der Waals surface area contributed by atoms with Gasteiger partial charge in [-0.25, -0.2) is 0 Å². The molecule has 0 saturated carbocycles. The second-order valence-corrected chi connectivity index (χ2v) is 15.4. The van der Waals surface area contributed by atoms with E-state index in [1.807, 2.05) is 57.2 Å². The van der Waals surface area contributed by atoms with Crippen LogP contribution < -0.4 is 18.9 Å². The van der Waals surface area contributed by atoms with E-state index in [9.17, 15) is 4.79 Å². The standard InChI is InChI=1S/C25H34O6Si/c1-25(2,3)31-24(26)23(32(6,7)8)22(16-9-11-18(27-4)20(13-16)28-5)17-10-12-19-21(14-17)30-15-29-19/h9-14,22-23H,15H2,1-8H3. The quantitative estimate of drug-likeness (QED) is 0.397. The molecule has 0 N–H and O–H groups in total. The summed E-state index contributed by atoms with van der Waals surface area (Å²) in [6.45, 7) is 12.5. The van der Waals surface area contributed by atoms with Gasteiger partial charge in [-0.05, 0) is 56.2 Å². The van der Waals surface area contributed by atoms with Crippen LogP contribution in [0.2, 0.25) is 25.2 Å². The maximum absolute atomic E-state index is 13.6. The number of hydrogen-bond donors (Lipinski definition) is 0. The topological polar surface area (TPSA) is 63.2 Å². The molecule has 0 saturated heterocycles. The molecule has 0 aliphatic carbocycles. The Morgan fingerprint density at radius 2 is 1.50 bits per heavy atom. The van der Waals surface area contributed by atoms with Gasteiger partial charge < -0.3 is 23.7 Å². The number of carbonyl (C=O) groups is 1. The fraction of sp³-hybridized carbons (Fsp3) is 0.480. The summed E-state index contributed by atoms with van der Waals surface area (Å²) < 4.78 is 28.1. The Morgan fingerprint density at radius 1 is 0.906 bits per heavy atom. The summed E-state index contributed by atoms with van der Waals surface area (Å²) in [6.07, 6.45) is 0. The van der Waals surface area contributed by atoms with Crippen LogP contribution in [0.25, 0.3) is 0 Å². The Hall–Kier alpha value is -2.67. The molecular weight excluding hydrogens is 424 g/mol. The molecule has 32 heavy (non-hydrogen) atoms. The Kier molecular flexibility index (Phi) is 6.79. The lowest BCUT2D eigenvalue weighted by Crippen LogP contribution is -2.41. The normalized spacial score (nSPS) is 15.1. The minimum absolute atomic E-state index is 0.186. The molecule has 2 unspecified atom stereocenters. The maximum atomic E-state index is 13.6. The Morgan fingerprint density at radius 3 is 2.09 bits per heavy atom. The van der Waals surface area contributed by atoms with Crippen molar-refractivity contribution in [3.05, 3.63) is 47.5 Å². The molecule has 0 aromatic heterocycles. The average Bonchev–Trinajstić information content (AvgIpc) is 3.16. The third-order valence-electron chi connectivity index (χ3n) is 5.45. The lowest BCUT2D eigenvalue weighted by Gasteiger charge is -2.37. The third-order valence-corrected chi connectivity index (χ3v) is 7.88. The van der Waals surface area contributed by atoms with Gasteiger partial charge in [0.25, 0.3) is 0 Å². The summed E-state index contributed by atoms with van der Waals surface area (Å²) in [7, 11) is 1.15. The first-order valence-corrected chi connectivity index (χ1v) is 14.4. The van der Waals surface area contributed by atoms with Crippen LogP contribution in [0.5, 0.6) is 23.0 Å². The highest BCUT2D eigenvalue weighted by atomic mass is 28.3. The molecule has 3 rings (SSSR count). The van der Waals surface area contributed by atoms with Crippen molar-refractivity contribution < 1.29 is 28.5 Å². The van der Waals surface area contributed by atoms with E-state index in [0.717, 1.165) is 11.1 Å². The highest BCUT2D eigenvalue weighted by molar-refractivity contribution is 6.80. The summed E-state index contributed by atoms with van der Waals surface area (Å²) in [5.74, 6) is 2.23. The SMILES string of the molecule is COc1ccc(C(c2ccc3c(c2)OCO3)C(C(=O)OC(C)(C)C)[Si](C)(C)C)cc1OC. The van der Waals surface area contributed by atoms with E-state index in [-0.39, 0.29) is 24.2 Å². The van der Waals surface area contributed by atoms with Crippen LogP contribution in [0.3, 0.4) is 0 Å². The molecule has 2 aromatic rings. The van der Waals surface area contributed by atoms with Crippen LogP contribution in [0, 0.1) is 0 Å². The van der Waals surface area contributed by atoms with Crippen LogP contribution in [0.1, 0.15) is 37.8 Å². The van der Waals surface area contributed by atoms with Gasteiger partial charge in [-0.1, -0.05) is 31.8 Å². The number of benzene rings is 2. The van der Waals surface area contributed by atoms with Gasteiger partial charge in [0, 0.05) is 5.92 Å². The van der Waals surface area contributed by atoms with Crippen LogP contribution >= 0.6 is 0 Å². The van der Waals surface area contributed by atoms with E-state index in [0.29, 0.717) is 23.0 Å². The monoisotopic (exact) mass is 458 g/mol. The fourth-order valence-corrected chi connectivity index (χ4v) is 6.24. The molecule has 2 atom stereocenters. The van der Waals surface area contributed by atoms with Crippen molar-refractivity contribution in [2.24, 2.45) is 0 Å². The smallest absolute Gasteiger partial charge is 0.307 e. The van der Waals surface area contributed by atoms with Crippen molar-refractivity contribution in [2.45, 2.75) is 57.5 Å². The van der Waals surface area contributed by atoms with Crippen molar-refractivity contribution in [1.82, 2.24) is 0 Å². The van der Waals surface area contributed by atoms with Gasteiger partial charge in [-0.2, -0.15) is 0 Å². The van der Waals surface area contributed by atoms with Crippen LogP contribution in [-0.2, 0) is 9.53 Å². The van der Waals surface area contributed by atoms with Crippen molar-refractivity contribution in [3.8, 4) is 23.0 Å². The lowest BCUT2D eigenvalue weighted by molar-refractivity contribution is -0.155. The van der Waals surface area contributed by atoms with E-state index in [1.54, 1.807) is 14.2 Å². The maximum Gasteiger partial charge on any atom is 0.307 e. The zero-order valence-electron chi connectivity index (χ0n) is 20.3. The molecule has 7 heteroatoms. The summed E-state index contributed by atoms with van der Waals surface area (Å²) in [5, 5.41) is 0. The van der Waals surface area contributed by atoms with Crippen molar-refractivity contribution >= 4 is 14.0 Å². The molecule has 0 spiro atoms. The van der Waals surface area contributed by atoms with E-state index >= 15 is 0 Å². The van der Waals surface area contributed by atoms with Crippen LogP contribution in [0.4, 0.5) is 0 Å². The van der Waals surface area contributed by atoms with Crippen LogP contribution in [0.15, 0.2) is 36.4 Å². The predicted octanol–water partition coefficient (Wildman–Crippen LogP) is 5.61. The first-order valence-electron chi connectivity index (χ1n) is 10.8. The molecule has 0 bridgehead atoms. The molecule has 2 aromatic carbocycles. The van der Waals surface area contributed by atoms with Gasteiger partial charge in [-0.15, -0.1) is 0 Å². The van der Waals surface area contributed by atoms with E-state index in [4.69, 9.17) is 23.7 Å². The molecule has 1 heterocycles. The zero-order chi connectivity index (χ0) is 23.7. The number of esters is 1. The van der Waals surface area contributed by atoms with Crippen molar-refractivity contribution in [2.75, 3.05) is 21.0 Å². The first kappa shape index (κ1) is 24.0. The minimum Gasteiger partial charge on any atom is -0.493 e. The van der Waals surface area contributed by atoms with Gasteiger partial charge in [0.2, 0.25) is 6.79 Å². The van der Waals surface area contributed by atoms with Crippen molar-refractivity contribution in [3.63, 3.8) is 0 Å². The summed E-state index contributed by atoms with van der Waals surface area (Å²) >= 11 is 0. The van der Waals surface area contributed by atoms with Crippen LogP contribution in [-0.4, -0.2) is 40.7 Å². The number of carbonyl (C=O) groups excluding carboxylic acids is 1. The number of rotatable bonds is 7. The molecule has 0 amide bonds. The van der Waals surface area contributed by atoms with Gasteiger partial charge in [0.15, 0.2) is 23.0 Å². The number of methoxy groups -OCH3 is 2. The highest BCUT2D eigenvalue weighted by Gasteiger charge is 2.43. The Bertz CT molecular complexity index is 973.